The van der Waals surface area contributed by atoms with E-state index in [1.165, 1.54) is 18.4 Å². The highest BCUT2D eigenvalue weighted by molar-refractivity contribution is 6.32. The second-order valence-corrected chi connectivity index (χ2v) is 5.17. The lowest BCUT2D eigenvalue weighted by Crippen LogP contribution is -2.23. The van der Waals surface area contributed by atoms with E-state index in [9.17, 15) is 14.9 Å². The van der Waals surface area contributed by atoms with Gasteiger partial charge in [0.05, 0.1) is 17.7 Å². The van der Waals surface area contributed by atoms with Crippen LogP contribution in [-0.2, 0) is 6.54 Å². The number of hydrogen-bond acceptors (Lipinski definition) is 6. The van der Waals surface area contributed by atoms with Gasteiger partial charge in [-0.15, -0.1) is 0 Å². The van der Waals surface area contributed by atoms with Crippen LogP contribution >= 0.6 is 11.6 Å². The quantitative estimate of drug-likeness (QED) is 0.559. The van der Waals surface area contributed by atoms with Crippen LogP contribution in [0.3, 0.4) is 0 Å². The van der Waals surface area contributed by atoms with Crippen molar-refractivity contribution in [3.05, 3.63) is 69.1 Å². The maximum atomic E-state index is 12.1. The van der Waals surface area contributed by atoms with Crippen LogP contribution in [0.5, 0.6) is 0 Å². The molecule has 3 rings (SSSR count). The predicted octanol–water partition coefficient (Wildman–Crippen LogP) is 3.43. The van der Waals surface area contributed by atoms with E-state index in [0.717, 1.165) is 6.07 Å². The lowest BCUT2D eigenvalue weighted by molar-refractivity contribution is -0.384. The van der Waals surface area contributed by atoms with E-state index < -0.39 is 10.8 Å². The van der Waals surface area contributed by atoms with E-state index in [0.29, 0.717) is 17.2 Å². The van der Waals surface area contributed by atoms with Crippen molar-refractivity contribution in [3.8, 4) is 11.5 Å². The van der Waals surface area contributed by atoms with Gasteiger partial charge >= 0.3 is 0 Å². The first-order chi connectivity index (χ1) is 11.5. The number of carbonyl (C=O) groups is 1. The van der Waals surface area contributed by atoms with Crippen molar-refractivity contribution in [2.75, 3.05) is 0 Å². The second kappa shape index (κ2) is 6.55. The van der Waals surface area contributed by atoms with Gasteiger partial charge in [-0.25, -0.2) is 0 Å². The van der Waals surface area contributed by atoms with Gasteiger partial charge in [-0.3, -0.25) is 14.9 Å². The van der Waals surface area contributed by atoms with Gasteiger partial charge in [-0.2, -0.15) is 0 Å². The van der Waals surface area contributed by atoms with Crippen molar-refractivity contribution in [1.82, 2.24) is 10.5 Å². The molecular formula is C15H10ClN3O5. The van der Waals surface area contributed by atoms with Gasteiger partial charge < -0.3 is 14.3 Å². The summed E-state index contributed by atoms with van der Waals surface area (Å²) in [4.78, 5) is 22.3. The van der Waals surface area contributed by atoms with Gasteiger partial charge in [0.25, 0.3) is 11.6 Å². The van der Waals surface area contributed by atoms with Crippen LogP contribution in [0, 0.1) is 10.1 Å². The standard InChI is InChI=1S/C15H10ClN3O5/c16-11-4-3-9(6-12(11)19(21)22)15(20)17-8-10-7-14(24-18-10)13-2-1-5-23-13/h1-7H,8H2,(H,17,20). The number of nitrogens with one attached hydrogen (secondary N) is 1. The van der Waals surface area contributed by atoms with Gasteiger partial charge in [-0.1, -0.05) is 16.8 Å². The zero-order valence-electron chi connectivity index (χ0n) is 12.1. The number of hydrogen-bond donors (Lipinski definition) is 1. The molecule has 8 nitrogen and oxygen atoms in total. The van der Waals surface area contributed by atoms with Gasteiger partial charge in [-0.05, 0) is 24.3 Å². The fourth-order valence-corrected chi connectivity index (χ4v) is 2.18. The minimum Gasteiger partial charge on any atom is -0.461 e. The molecule has 1 N–H and O–H groups in total. The summed E-state index contributed by atoms with van der Waals surface area (Å²) in [6, 6.07) is 8.89. The van der Waals surface area contributed by atoms with Crippen LogP contribution in [-0.4, -0.2) is 16.0 Å². The molecule has 0 saturated carbocycles. The number of aromatic nitrogens is 1. The first kappa shape index (κ1) is 15.8. The maximum absolute atomic E-state index is 12.1. The lowest BCUT2D eigenvalue weighted by Gasteiger charge is -2.03. The topological polar surface area (TPSA) is 111 Å². The van der Waals surface area contributed by atoms with Crippen LogP contribution in [0.25, 0.3) is 11.5 Å². The molecular weight excluding hydrogens is 338 g/mol. The average Bonchev–Trinajstić information content (AvgIpc) is 3.24. The number of rotatable bonds is 5. The Labute approximate surface area is 140 Å². The number of carbonyl (C=O) groups excluding carboxylic acids is 1. The molecule has 0 saturated heterocycles. The van der Waals surface area contributed by atoms with Crippen LogP contribution in [0.15, 0.2) is 51.6 Å². The Kier molecular flexibility index (Phi) is 4.30. The highest BCUT2D eigenvalue weighted by Gasteiger charge is 2.17. The molecule has 3 aromatic rings. The monoisotopic (exact) mass is 347 g/mol. The lowest BCUT2D eigenvalue weighted by atomic mass is 10.2. The van der Waals surface area contributed by atoms with E-state index in [2.05, 4.69) is 10.5 Å². The molecule has 122 valence electrons. The zero-order valence-corrected chi connectivity index (χ0v) is 12.8. The summed E-state index contributed by atoms with van der Waals surface area (Å²) in [5, 5.41) is 17.2. The number of amides is 1. The number of nitrogens with zero attached hydrogens (tertiary/aromatic N) is 2. The molecule has 0 fully saturated rings. The third-order valence-corrected chi connectivity index (χ3v) is 3.48. The first-order valence-electron chi connectivity index (χ1n) is 6.76. The molecule has 0 aliphatic heterocycles. The van der Waals surface area contributed by atoms with Gasteiger partial charge in [0.1, 0.15) is 10.7 Å². The molecule has 2 aromatic heterocycles. The molecule has 0 bridgehead atoms. The van der Waals surface area contributed by atoms with Crippen LogP contribution in [0.4, 0.5) is 5.69 Å². The normalized spacial score (nSPS) is 10.5. The fourth-order valence-electron chi connectivity index (χ4n) is 2.00. The van der Waals surface area contributed by atoms with Crippen molar-refractivity contribution >= 4 is 23.2 Å². The Morgan fingerprint density at radius 2 is 2.12 bits per heavy atom. The number of nitro groups is 1. The summed E-state index contributed by atoms with van der Waals surface area (Å²) in [6.07, 6.45) is 1.51. The Hall–Kier alpha value is -3.13. The Morgan fingerprint density at radius 3 is 2.83 bits per heavy atom. The highest BCUT2D eigenvalue weighted by Crippen LogP contribution is 2.25. The van der Waals surface area contributed by atoms with Crippen LogP contribution < -0.4 is 5.32 Å². The maximum Gasteiger partial charge on any atom is 0.288 e. The molecule has 1 aromatic carbocycles. The molecule has 2 heterocycles. The Bertz CT molecular complexity index is 888. The largest absolute Gasteiger partial charge is 0.461 e. The summed E-state index contributed by atoms with van der Waals surface area (Å²) < 4.78 is 10.3. The molecule has 0 spiro atoms. The van der Waals surface area contributed by atoms with E-state index in [1.807, 2.05) is 0 Å². The number of nitro benzene ring substituents is 1. The predicted molar refractivity (Wildman–Crippen MR) is 83.5 cm³/mol. The first-order valence-corrected chi connectivity index (χ1v) is 7.14. The van der Waals surface area contributed by atoms with Crippen molar-refractivity contribution in [3.63, 3.8) is 0 Å². The Balaban J connectivity index is 1.68. The van der Waals surface area contributed by atoms with Crippen molar-refractivity contribution < 1.29 is 18.7 Å². The minimum absolute atomic E-state index is 0.0314. The summed E-state index contributed by atoms with van der Waals surface area (Å²) in [5.74, 6) is 0.470. The van der Waals surface area contributed by atoms with Gasteiger partial charge in [0, 0.05) is 17.7 Å². The fraction of sp³-hybridized carbons (Fsp3) is 0.0667. The van der Waals surface area contributed by atoms with Crippen molar-refractivity contribution in [1.29, 1.82) is 0 Å². The van der Waals surface area contributed by atoms with E-state index in [1.54, 1.807) is 18.2 Å². The molecule has 24 heavy (non-hydrogen) atoms. The molecule has 0 unspecified atom stereocenters. The van der Waals surface area contributed by atoms with Gasteiger partial charge in [0.2, 0.25) is 5.76 Å². The molecule has 1 amide bonds. The van der Waals surface area contributed by atoms with E-state index >= 15 is 0 Å². The molecule has 0 aliphatic carbocycles. The number of benzene rings is 1. The summed E-state index contributed by atoms with van der Waals surface area (Å²) in [5.41, 5.74) is 0.282. The minimum atomic E-state index is -0.646. The molecule has 0 aliphatic rings. The van der Waals surface area contributed by atoms with E-state index in [-0.39, 0.29) is 22.8 Å². The van der Waals surface area contributed by atoms with Gasteiger partial charge in [0.15, 0.2) is 5.76 Å². The third-order valence-electron chi connectivity index (χ3n) is 3.16. The summed E-state index contributed by atoms with van der Waals surface area (Å²) >= 11 is 5.72. The number of halogens is 1. The molecule has 9 heteroatoms. The van der Waals surface area contributed by atoms with E-state index in [4.69, 9.17) is 20.5 Å². The SMILES string of the molecule is O=C(NCc1cc(-c2ccco2)on1)c1ccc(Cl)c([N+](=O)[O-])c1. The van der Waals surface area contributed by atoms with Crippen LogP contribution in [0.1, 0.15) is 16.1 Å². The molecule has 0 radical (unpaired) electrons. The van der Waals surface area contributed by atoms with Crippen LogP contribution in [0.2, 0.25) is 5.02 Å². The molecule has 0 atom stereocenters. The summed E-state index contributed by atoms with van der Waals surface area (Å²) in [6.45, 7) is 0.0967. The Morgan fingerprint density at radius 1 is 1.29 bits per heavy atom. The number of furan rings is 1. The van der Waals surface area contributed by atoms with Crippen molar-refractivity contribution in [2.45, 2.75) is 6.54 Å². The summed E-state index contributed by atoms with van der Waals surface area (Å²) in [7, 11) is 0. The smallest absolute Gasteiger partial charge is 0.288 e. The zero-order chi connectivity index (χ0) is 17.1. The average molecular weight is 348 g/mol. The second-order valence-electron chi connectivity index (χ2n) is 4.77. The third kappa shape index (κ3) is 3.28. The highest BCUT2D eigenvalue weighted by atomic mass is 35.5. The van der Waals surface area contributed by atoms with Crippen molar-refractivity contribution in [2.24, 2.45) is 0 Å².